The summed E-state index contributed by atoms with van der Waals surface area (Å²) in [4.78, 5) is 54.7. The van der Waals surface area contributed by atoms with Crippen LogP contribution in [0.3, 0.4) is 0 Å². The number of nitrogens with one attached hydrogen (secondary N) is 2. The molecule has 3 rings (SSSR count). The molecule has 1 saturated carbocycles. The van der Waals surface area contributed by atoms with Crippen molar-refractivity contribution in [2.45, 2.75) is 51.0 Å². The molecule has 0 unspecified atom stereocenters. The lowest BCUT2D eigenvalue weighted by atomic mass is 9.84. The van der Waals surface area contributed by atoms with Crippen molar-refractivity contribution in [3.63, 3.8) is 0 Å². The molecule has 0 aliphatic heterocycles. The molecule has 4 N–H and O–H groups in total. The first-order chi connectivity index (χ1) is 16.3. The lowest BCUT2D eigenvalue weighted by molar-refractivity contribution is -0.142. The number of hydrogen-bond acceptors (Lipinski definition) is 4. The summed E-state index contributed by atoms with van der Waals surface area (Å²) in [7, 11) is 1.60. The van der Waals surface area contributed by atoms with E-state index in [2.05, 4.69) is 10.4 Å². The molecule has 9 nitrogen and oxygen atoms in total. The van der Waals surface area contributed by atoms with Crippen molar-refractivity contribution in [3.05, 3.63) is 36.0 Å². The number of benzene rings is 1. The number of para-hydroxylation sites is 1. The third kappa shape index (κ3) is 6.50. The van der Waals surface area contributed by atoms with Gasteiger partial charge in [-0.1, -0.05) is 50.3 Å². The van der Waals surface area contributed by atoms with Crippen molar-refractivity contribution in [1.29, 1.82) is 0 Å². The highest BCUT2D eigenvalue weighted by Gasteiger charge is 2.33. The van der Waals surface area contributed by atoms with Crippen LogP contribution in [0, 0.1) is 5.92 Å². The van der Waals surface area contributed by atoms with E-state index < -0.39 is 23.8 Å². The number of alkyl halides is 1. The highest BCUT2D eigenvalue weighted by Crippen LogP contribution is 2.29. The number of likely N-dealkylation sites (N-methyl/N-ethyl adjacent to an activating group) is 1. The van der Waals surface area contributed by atoms with Crippen LogP contribution in [0.2, 0.25) is 0 Å². The highest BCUT2D eigenvalue weighted by molar-refractivity contribution is 6.27. The summed E-state index contributed by atoms with van der Waals surface area (Å²) in [5.74, 6) is -2.05. The van der Waals surface area contributed by atoms with E-state index in [0.717, 1.165) is 41.6 Å². The average Bonchev–Trinajstić information content (AvgIpc) is 3.28. The van der Waals surface area contributed by atoms with Crippen molar-refractivity contribution in [2.24, 2.45) is 11.7 Å². The second-order valence-corrected chi connectivity index (χ2v) is 9.08. The van der Waals surface area contributed by atoms with Gasteiger partial charge in [0.05, 0.1) is 6.54 Å². The number of nitrogens with zero attached hydrogens (tertiary/aromatic N) is 2. The van der Waals surface area contributed by atoms with Crippen molar-refractivity contribution in [2.75, 3.05) is 19.5 Å². The fourth-order valence-electron chi connectivity index (χ4n) is 4.44. The summed E-state index contributed by atoms with van der Waals surface area (Å²) in [6, 6.07) is 8.52. The fourth-order valence-corrected chi connectivity index (χ4v) is 4.59. The number of nitrogens with two attached hydrogens (primary N) is 1. The zero-order chi connectivity index (χ0) is 24.7. The molecule has 1 aromatic carbocycles. The molecule has 34 heavy (non-hydrogen) atoms. The number of aromatic amines is 1. The maximum Gasteiger partial charge on any atom is 0.270 e. The number of aromatic nitrogens is 1. The summed E-state index contributed by atoms with van der Waals surface area (Å²) in [6.07, 6.45) is 5.69. The van der Waals surface area contributed by atoms with Crippen molar-refractivity contribution >= 4 is 46.1 Å². The minimum Gasteiger partial charge on any atom is -0.370 e. The van der Waals surface area contributed by atoms with Crippen LogP contribution >= 0.6 is 11.6 Å². The molecule has 184 valence electrons. The number of H-pyrrole nitrogens is 1. The molecular weight excluding hydrogens is 458 g/mol. The van der Waals surface area contributed by atoms with E-state index >= 15 is 0 Å². The van der Waals surface area contributed by atoms with Crippen LogP contribution in [0.1, 0.15) is 55.4 Å². The molecular formula is C24H32ClN5O4. The topological polar surface area (TPSA) is 129 Å². The van der Waals surface area contributed by atoms with E-state index in [-0.39, 0.29) is 24.8 Å². The quantitative estimate of drug-likeness (QED) is 0.369. The Hall–Kier alpha value is -3.07. The lowest BCUT2D eigenvalue weighted by Gasteiger charge is -2.33. The predicted molar refractivity (Wildman–Crippen MR) is 130 cm³/mol. The Morgan fingerprint density at radius 1 is 1.18 bits per heavy atom. The summed E-state index contributed by atoms with van der Waals surface area (Å²) in [6.45, 7) is -0.0948. The number of fused-ring (bicyclic) bond motifs is 1. The van der Waals surface area contributed by atoms with Crippen LogP contribution in [0.25, 0.3) is 10.9 Å². The molecule has 1 aromatic heterocycles. The Kier molecular flexibility index (Phi) is 8.92. The highest BCUT2D eigenvalue weighted by atomic mass is 35.5. The first-order valence-corrected chi connectivity index (χ1v) is 12.1. The summed E-state index contributed by atoms with van der Waals surface area (Å²) in [5.41, 5.74) is 8.99. The molecule has 1 fully saturated rings. The van der Waals surface area contributed by atoms with E-state index in [0.29, 0.717) is 18.0 Å². The fraction of sp³-hybridized carbons (Fsp3) is 0.500. The lowest BCUT2D eigenvalue weighted by Crippen LogP contribution is -2.55. The van der Waals surface area contributed by atoms with Crippen LogP contribution in [-0.2, 0) is 14.4 Å². The third-order valence-electron chi connectivity index (χ3n) is 6.37. The van der Waals surface area contributed by atoms with E-state index in [1.165, 1.54) is 11.3 Å². The minimum absolute atomic E-state index is 0.0948. The number of hydrogen-bond donors (Lipinski definition) is 3. The van der Waals surface area contributed by atoms with Crippen LogP contribution < -0.4 is 11.2 Å². The van der Waals surface area contributed by atoms with Gasteiger partial charge < -0.3 is 15.6 Å². The monoisotopic (exact) mass is 489 g/mol. The first kappa shape index (κ1) is 25.6. The van der Waals surface area contributed by atoms with Crippen molar-refractivity contribution in [3.8, 4) is 0 Å². The standard InChI is InChI=1S/C24H32ClN5O4/c1-29(24(34)19-14-17-9-5-6-10-18(17)27-19)20(13-16-7-3-2-4-8-16)23(33)28-30(22(32)15-25)12-11-21(26)31/h5-6,9-10,14,16,20,27H,2-4,7-8,11-13,15H2,1H3,(H2,26,31)(H,28,33)/t20-/m1/s1. The number of amides is 4. The van der Waals surface area contributed by atoms with E-state index in [1.54, 1.807) is 13.1 Å². The maximum atomic E-state index is 13.4. The number of halogens is 1. The SMILES string of the molecule is CN(C(=O)c1cc2ccccc2[nH]1)[C@H](CC1CCCCC1)C(=O)NN(CCC(N)=O)C(=O)CCl. The van der Waals surface area contributed by atoms with Gasteiger partial charge in [-0.05, 0) is 24.5 Å². The number of carbonyl (C=O) groups is 4. The van der Waals surface area contributed by atoms with Gasteiger partial charge in [0.25, 0.3) is 17.7 Å². The number of primary amides is 1. The molecule has 1 aliphatic carbocycles. The average molecular weight is 490 g/mol. The van der Waals surface area contributed by atoms with Gasteiger partial charge in [-0.15, -0.1) is 11.6 Å². The minimum atomic E-state index is -0.804. The van der Waals surface area contributed by atoms with Gasteiger partial charge in [-0.25, -0.2) is 0 Å². The largest absolute Gasteiger partial charge is 0.370 e. The second-order valence-electron chi connectivity index (χ2n) is 8.81. The first-order valence-electron chi connectivity index (χ1n) is 11.6. The zero-order valence-electron chi connectivity index (χ0n) is 19.4. The Labute approximate surface area is 203 Å². The normalized spacial score (nSPS) is 15.0. The van der Waals surface area contributed by atoms with Crippen LogP contribution in [0.4, 0.5) is 0 Å². The molecule has 1 atom stereocenters. The molecule has 0 radical (unpaired) electrons. The second kappa shape index (κ2) is 11.9. The molecule has 4 amide bonds. The molecule has 1 heterocycles. The Morgan fingerprint density at radius 3 is 2.53 bits per heavy atom. The van der Waals surface area contributed by atoms with E-state index in [9.17, 15) is 19.2 Å². The molecule has 0 bridgehead atoms. The molecule has 0 spiro atoms. The molecule has 2 aromatic rings. The van der Waals surface area contributed by atoms with Gasteiger partial charge in [0.1, 0.15) is 17.6 Å². The summed E-state index contributed by atoms with van der Waals surface area (Å²) >= 11 is 5.69. The number of carbonyl (C=O) groups excluding carboxylic acids is 4. The summed E-state index contributed by atoms with van der Waals surface area (Å²) in [5, 5.41) is 1.91. The van der Waals surface area contributed by atoms with Gasteiger partial charge in [0.15, 0.2) is 0 Å². The van der Waals surface area contributed by atoms with Crippen LogP contribution in [-0.4, -0.2) is 64.0 Å². The predicted octanol–water partition coefficient (Wildman–Crippen LogP) is 2.55. The van der Waals surface area contributed by atoms with Gasteiger partial charge in [-0.3, -0.25) is 29.6 Å². The van der Waals surface area contributed by atoms with Crippen LogP contribution in [0.15, 0.2) is 30.3 Å². The maximum absolute atomic E-state index is 13.4. The Balaban J connectivity index is 1.81. The van der Waals surface area contributed by atoms with E-state index in [4.69, 9.17) is 17.3 Å². The Morgan fingerprint density at radius 2 is 1.88 bits per heavy atom. The number of hydrazine groups is 1. The van der Waals surface area contributed by atoms with Crippen molar-refractivity contribution < 1.29 is 19.2 Å². The van der Waals surface area contributed by atoms with Gasteiger partial charge >= 0.3 is 0 Å². The van der Waals surface area contributed by atoms with Crippen molar-refractivity contribution in [1.82, 2.24) is 20.3 Å². The van der Waals surface area contributed by atoms with E-state index in [1.807, 2.05) is 24.3 Å². The Bertz CT molecular complexity index is 1000. The summed E-state index contributed by atoms with van der Waals surface area (Å²) < 4.78 is 0. The molecule has 1 aliphatic rings. The smallest absolute Gasteiger partial charge is 0.270 e. The van der Waals surface area contributed by atoms with Crippen LogP contribution in [0.5, 0.6) is 0 Å². The van der Waals surface area contributed by atoms with Gasteiger partial charge in [0, 0.05) is 24.4 Å². The molecule has 10 heteroatoms. The van der Waals surface area contributed by atoms with Gasteiger partial charge in [0.2, 0.25) is 5.91 Å². The van der Waals surface area contributed by atoms with Gasteiger partial charge in [-0.2, -0.15) is 0 Å². The molecule has 0 saturated heterocycles. The third-order valence-corrected chi connectivity index (χ3v) is 6.60. The number of rotatable bonds is 9. The zero-order valence-corrected chi connectivity index (χ0v) is 20.1.